The van der Waals surface area contributed by atoms with Crippen molar-refractivity contribution in [1.29, 1.82) is 0 Å². The number of hydrogen-bond acceptors (Lipinski definition) is 4. The summed E-state index contributed by atoms with van der Waals surface area (Å²) in [5.41, 5.74) is 3.19. The fourth-order valence-electron chi connectivity index (χ4n) is 4.91. The average Bonchev–Trinajstić information content (AvgIpc) is 2.97. The van der Waals surface area contributed by atoms with E-state index in [1.54, 1.807) is 12.1 Å². The maximum atomic E-state index is 14.3. The van der Waals surface area contributed by atoms with E-state index in [1.165, 1.54) is 4.90 Å². The summed E-state index contributed by atoms with van der Waals surface area (Å²) < 4.78 is 27.5. The quantitative estimate of drug-likeness (QED) is 0.257. The molecule has 8 heteroatoms. The summed E-state index contributed by atoms with van der Waals surface area (Å²) in [5.74, 6) is -0.729. The molecular formula is C33H37N3O4S. The zero-order chi connectivity index (χ0) is 29.4. The summed E-state index contributed by atoms with van der Waals surface area (Å²) >= 11 is 0. The molecule has 0 aliphatic rings. The average molecular weight is 572 g/mol. The van der Waals surface area contributed by atoms with Crippen LogP contribution in [0.1, 0.15) is 30.0 Å². The Bertz CT molecular complexity index is 1600. The molecule has 0 aliphatic heterocycles. The lowest BCUT2D eigenvalue weighted by Crippen LogP contribution is -2.53. The maximum absolute atomic E-state index is 14.3. The summed E-state index contributed by atoms with van der Waals surface area (Å²) in [5, 5.41) is 4.55. The molecule has 4 aromatic carbocycles. The second-order valence-electron chi connectivity index (χ2n) is 10.2. The van der Waals surface area contributed by atoms with Crippen molar-refractivity contribution >= 4 is 38.3 Å². The van der Waals surface area contributed by atoms with Gasteiger partial charge in [-0.1, -0.05) is 97.9 Å². The molecule has 4 aromatic rings. The summed E-state index contributed by atoms with van der Waals surface area (Å²) in [4.78, 5) is 29.4. The van der Waals surface area contributed by atoms with Crippen LogP contribution >= 0.6 is 0 Å². The Hall–Kier alpha value is -4.17. The Labute approximate surface area is 242 Å². The summed E-state index contributed by atoms with van der Waals surface area (Å²) in [6.07, 6.45) is 2.14. The van der Waals surface area contributed by atoms with Crippen LogP contribution < -0.4 is 9.62 Å². The van der Waals surface area contributed by atoms with Gasteiger partial charge in [-0.15, -0.1) is 0 Å². The van der Waals surface area contributed by atoms with Gasteiger partial charge < -0.3 is 10.2 Å². The van der Waals surface area contributed by atoms with E-state index in [9.17, 15) is 18.0 Å². The number of hydrogen-bond donors (Lipinski definition) is 1. The van der Waals surface area contributed by atoms with Crippen LogP contribution in [0.5, 0.6) is 0 Å². The molecule has 7 nitrogen and oxygen atoms in total. The Balaban J connectivity index is 1.78. The molecule has 0 aromatic heterocycles. The monoisotopic (exact) mass is 571 g/mol. The van der Waals surface area contributed by atoms with Crippen LogP contribution in [0.2, 0.25) is 0 Å². The normalized spacial score (nSPS) is 12.1. The van der Waals surface area contributed by atoms with Gasteiger partial charge in [0, 0.05) is 24.9 Å². The van der Waals surface area contributed by atoms with Crippen LogP contribution in [0.25, 0.3) is 10.8 Å². The molecule has 0 bridgehead atoms. The predicted octanol–water partition coefficient (Wildman–Crippen LogP) is 5.08. The van der Waals surface area contributed by atoms with Crippen molar-refractivity contribution in [1.82, 2.24) is 10.2 Å². The van der Waals surface area contributed by atoms with Crippen molar-refractivity contribution in [3.8, 4) is 0 Å². The third-order valence-corrected chi connectivity index (χ3v) is 8.26. The Kier molecular flexibility index (Phi) is 9.78. The molecule has 0 spiro atoms. The molecule has 2 amide bonds. The van der Waals surface area contributed by atoms with Crippen LogP contribution in [-0.2, 0) is 32.6 Å². The minimum atomic E-state index is -3.85. The Morgan fingerprint density at radius 3 is 2.22 bits per heavy atom. The largest absolute Gasteiger partial charge is 0.354 e. The standard InChI is InChI=1S/C33H37N3O4S/c1-4-21-34-33(38)31(22-26-14-6-5-7-15-26)35(23-28-17-9-8-13-25(28)2)32(37)24-36(41(3,39)40)30-20-12-18-27-16-10-11-19-29(27)30/h5-20,31H,4,21-24H2,1-3H3,(H,34,38)/t31-/m0/s1. The number of amides is 2. The third-order valence-electron chi connectivity index (χ3n) is 7.14. The number of carbonyl (C=O) groups is 2. The Morgan fingerprint density at radius 1 is 0.854 bits per heavy atom. The van der Waals surface area contributed by atoms with E-state index in [0.29, 0.717) is 18.7 Å². The van der Waals surface area contributed by atoms with Crippen LogP contribution in [0.3, 0.4) is 0 Å². The molecule has 0 fully saturated rings. The number of aryl methyl sites for hydroxylation is 1. The predicted molar refractivity (Wildman–Crippen MR) is 165 cm³/mol. The van der Waals surface area contributed by atoms with E-state index in [0.717, 1.165) is 44.4 Å². The number of anilines is 1. The van der Waals surface area contributed by atoms with Crippen LogP contribution in [0.15, 0.2) is 97.1 Å². The molecule has 0 unspecified atom stereocenters. The highest BCUT2D eigenvalue weighted by Crippen LogP contribution is 2.29. The van der Waals surface area contributed by atoms with Gasteiger partial charge in [0.2, 0.25) is 21.8 Å². The molecule has 1 N–H and O–H groups in total. The van der Waals surface area contributed by atoms with E-state index >= 15 is 0 Å². The van der Waals surface area contributed by atoms with Gasteiger partial charge in [-0.25, -0.2) is 8.42 Å². The first-order valence-electron chi connectivity index (χ1n) is 13.8. The zero-order valence-corrected chi connectivity index (χ0v) is 24.6. The van der Waals surface area contributed by atoms with E-state index in [1.807, 2.05) is 98.8 Å². The molecule has 41 heavy (non-hydrogen) atoms. The van der Waals surface area contributed by atoms with Crippen molar-refractivity contribution in [3.05, 3.63) is 114 Å². The van der Waals surface area contributed by atoms with Crippen LogP contribution in [-0.4, -0.2) is 50.5 Å². The number of fused-ring (bicyclic) bond motifs is 1. The smallest absolute Gasteiger partial charge is 0.244 e. The minimum Gasteiger partial charge on any atom is -0.354 e. The number of carbonyl (C=O) groups excluding carboxylic acids is 2. The van der Waals surface area contributed by atoms with Crippen molar-refractivity contribution in [2.75, 3.05) is 23.7 Å². The maximum Gasteiger partial charge on any atom is 0.244 e. The fourth-order valence-corrected chi connectivity index (χ4v) is 5.77. The minimum absolute atomic E-state index is 0.162. The molecule has 0 saturated carbocycles. The number of nitrogens with zero attached hydrogens (tertiary/aromatic N) is 2. The molecular weight excluding hydrogens is 534 g/mol. The van der Waals surface area contributed by atoms with Gasteiger partial charge >= 0.3 is 0 Å². The van der Waals surface area contributed by atoms with E-state index in [2.05, 4.69) is 5.32 Å². The van der Waals surface area contributed by atoms with E-state index in [4.69, 9.17) is 0 Å². The summed E-state index contributed by atoms with van der Waals surface area (Å²) in [6, 6.07) is 29.3. The highest BCUT2D eigenvalue weighted by molar-refractivity contribution is 7.92. The first-order valence-corrected chi connectivity index (χ1v) is 15.6. The lowest BCUT2D eigenvalue weighted by molar-refractivity contribution is -0.140. The first-order chi connectivity index (χ1) is 19.7. The van der Waals surface area contributed by atoms with Crippen molar-refractivity contribution < 1.29 is 18.0 Å². The summed E-state index contributed by atoms with van der Waals surface area (Å²) in [6.45, 7) is 4.12. The molecule has 0 radical (unpaired) electrons. The summed E-state index contributed by atoms with van der Waals surface area (Å²) in [7, 11) is -3.85. The van der Waals surface area contributed by atoms with Gasteiger partial charge in [-0.3, -0.25) is 13.9 Å². The number of sulfonamides is 1. The van der Waals surface area contributed by atoms with Crippen molar-refractivity contribution in [2.45, 2.75) is 39.3 Å². The first kappa shape index (κ1) is 29.8. The Morgan fingerprint density at radius 2 is 1.51 bits per heavy atom. The van der Waals surface area contributed by atoms with Gasteiger partial charge in [-0.2, -0.15) is 0 Å². The van der Waals surface area contributed by atoms with E-state index in [-0.39, 0.29) is 12.5 Å². The zero-order valence-electron chi connectivity index (χ0n) is 23.8. The number of rotatable bonds is 12. The fraction of sp³-hybridized carbons (Fsp3) is 0.273. The van der Waals surface area contributed by atoms with Crippen molar-refractivity contribution in [3.63, 3.8) is 0 Å². The molecule has 0 saturated heterocycles. The van der Waals surface area contributed by atoms with Gasteiger partial charge in [0.05, 0.1) is 11.9 Å². The topological polar surface area (TPSA) is 86.8 Å². The van der Waals surface area contributed by atoms with Gasteiger partial charge in [0.1, 0.15) is 12.6 Å². The van der Waals surface area contributed by atoms with Crippen LogP contribution in [0, 0.1) is 6.92 Å². The van der Waals surface area contributed by atoms with Crippen LogP contribution in [0.4, 0.5) is 5.69 Å². The van der Waals surface area contributed by atoms with Gasteiger partial charge in [0.15, 0.2) is 0 Å². The molecule has 1 atom stereocenters. The molecule has 0 aliphatic carbocycles. The van der Waals surface area contributed by atoms with E-state index < -0.39 is 28.5 Å². The highest BCUT2D eigenvalue weighted by Gasteiger charge is 2.33. The second-order valence-corrected chi connectivity index (χ2v) is 12.1. The lowest BCUT2D eigenvalue weighted by Gasteiger charge is -2.34. The second kappa shape index (κ2) is 13.5. The third kappa shape index (κ3) is 7.52. The highest BCUT2D eigenvalue weighted by atomic mass is 32.2. The number of benzene rings is 4. The molecule has 4 rings (SSSR count). The van der Waals surface area contributed by atoms with Gasteiger partial charge in [0.25, 0.3) is 0 Å². The SMILES string of the molecule is CCCNC(=O)[C@H](Cc1ccccc1)N(Cc1ccccc1C)C(=O)CN(c1cccc2ccccc12)S(C)(=O)=O. The van der Waals surface area contributed by atoms with Crippen molar-refractivity contribution in [2.24, 2.45) is 0 Å². The molecule has 0 heterocycles. The van der Waals surface area contributed by atoms with Gasteiger partial charge in [-0.05, 0) is 41.5 Å². The lowest BCUT2D eigenvalue weighted by atomic mass is 10.0. The molecule has 214 valence electrons. The number of nitrogens with one attached hydrogen (secondary N) is 1.